The first-order valence-electron chi connectivity index (χ1n) is 8.47. The van der Waals surface area contributed by atoms with Crippen LogP contribution in [-0.4, -0.2) is 22.4 Å². The number of epoxide rings is 2. The number of rotatable bonds is 0. The second kappa shape index (κ2) is 3.24. The minimum absolute atomic E-state index is 0.0265. The minimum atomic E-state index is -0.114. The molecule has 1 saturated carbocycles. The predicted octanol–water partition coefficient (Wildman–Crippen LogP) is 4.81. The maximum Gasteiger partial charge on any atom is 0.101 e. The highest BCUT2D eigenvalue weighted by Crippen LogP contribution is 2.80. The summed E-state index contributed by atoms with van der Waals surface area (Å²) in [7, 11) is 0. The standard InChI is InChI=1S/C19H34O2/c1-12-13(2,3)17(9)19(11,21-17)15(6,7)14(4,5)18(10)16(12,8)20-18/h12H,1-11H3. The van der Waals surface area contributed by atoms with E-state index in [1.807, 2.05) is 0 Å². The van der Waals surface area contributed by atoms with Gasteiger partial charge in [0.2, 0.25) is 0 Å². The van der Waals surface area contributed by atoms with Crippen LogP contribution >= 0.6 is 0 Å². The first-order valence-corrected chi connectivity index (χ1v) is 8.47. The van der Waals surface area contributed by atoms with Crippen LogP contribution in [0.25, 0.3) is 0 Å². The molecule has 5 atom stereocenters. The van der Waals surface area contributed by atoms with Crippen LogP contribution in [0.5, 0.6) is 0 Å². The van der Waals surface area contributed by atoms with E-state index in [0.717, 1.165) is 0 Å². The van der Waals surface area contributed by atoms with Gasteiger partial charge >= 0.3 is 0 Å². The van der Waals surface area contributed by atoms with Gasteiger partial charge in [0, 0.05) is 16.2 Å². The summed E-state index contributed by atoms with van der Waals surface area (Å²) < 4.78 is 13.1. The van der Waals surface area contributed by atoms with Gasteiger partial charge in [-0.05, 0) is 33.6 Å². The summed E-state index contributed by atoms with van der Waals surface area (Å²) >= 11 is 0. The summed E-state index contributed by atoms with van der Waals surface area (Å²) in [5.41, 5.74) is -0.259. The molecule has 0 N–H and O–H groups in total. The smallest absolute Gasteiger partial charge is 0.101 e. The summed E-state index contributed by atoms with van der Waals surface area (Å²) in [5, 5.41) is 0. The van der Waals surface area contributed by atoms with Crippen molar-refractivity contribution in [2.24, 2.45) is 22.2 Å². The van der Waals surface area contributed by atoms with Gasteiger partial charge in [0.25, 0.3) is 0 Å². The fourth-order valence-corrected chi connectivity index (χ4v) is 5.80. The van der Waals surface area contributed by atoms with Gasteiger partial charge in [-0.3, -0.25) is 0 Å². The van der Waals surface area contributed by atoms with Gasteiger partial charge in [0.15, 0.2) is 0 Å². The molecule has 1 aliphatic carbocycles. The van der Waals surface area contributed by atoms with Crippen LogP contribution in [0, 0.1) is 22.2 Å². The molecular formula is C19H34O2. The number of hydrogen-bond donors (Lipinski definition) is 0. The molecule has 0 spiro atoms. The lowest BCUT2D eigenvalue weighted by Crippen LogP contribution is -2.61. The van der Waals surface area contributed by atoms with Crippen molar-refractivity contribution in [3.63, 3.8) is 0 Å². The van der Waals surface area contributed by atoms with Crippen molar-refractivity contribution in [3.8, 4) is 0 Å². The molecule has 0 aromatic carbocycles. The van der Waals surface area contributed by atoms with E-state index < -0.39 is 0 Å². The lowest BCUT2D eigenvalue weighted by Gasteiger charge is -2.54. The Morgan fingerprint density at radius 1 is 0.571 bits per heavy atom. The highest BCUT2D eigenvalue weighted by atomic mass is 16.6. The predicted molar refractivity (Wildman–Crippen MR) is 86.3 cm³/mol. The van der Waals surface area contributed by atoms with Crippen molar-refractivity contribution in [2.45, 2.75) is 98.6 Å². The van der Waals surface area contributed by atoms with E-state index in [2.05, 4.69) is 76.2 Å². The zero-order valence-electron chi connectivity index (χ0n) is 15.9. The SMILES string of the molecule is CC1C(C)(C)C2(C)OC2(C)C(C)(C)C(C)(C)C2(C)OC12C. The van der Waals surface area contributed by atoms with Gasteiger partial charge < -0.3 is 9.47 Å². The average Bonchev–Trinajstić information content (AvgIpc) is 3.12. The van der Waals surface area contributed by atoms with Crippen LogP contribution in [0.3, 0.4) is 0 Å². The Hall–Kier alpha value is -0.0800. The summed E-state index contributed by atoms with van der Waals surface area (Å²) in [4.78, 5) is 0. The Balaban J connectivity index is 2.26. The highest BCUT2D eigenvalue weighted by Gasteiger charge is 2.88. The van der Waals surface area contributed by atoms with E-state index in [1.54, 1.807) is 0 Å². The Bertz CT molecular complexity index is 520. The Kier molecular flexibility index (Phi) is 2.44. The van der Waals surface area contributed by atoms with Crippen LogP contribution < -0.4 is 0 Å². The van der Waals surface area contributed by atoms with Crippen molar-refractivity contribution in [1.29, 1.82) is 0 Å². The third kappa shape index (κ3) is 1.17. The second-order valence-electron chi connectivity index (χ2n) is 10.1. The molecule has 0 aromatic heterocycles. The Morgan fingerprint density at radius 2 is 1.00 bits per heavy atom. The monoisotopic (exact) mass is 294 g/mol. The number of ether oxygens (including phenoxy) is 2. The molecule has 3 rings (SSSR count). The van der Waals surface area contributed by atoms with Crippen molar-refractivity contribution in [2.75, 3.05) is 0 Å². The van der Waals surface area contributed by atoms with E-state index in [-0.39, 0.29) is 38.6 Å². The molecule has 2 heterocycles. The molecule has 21 heavy (non-hydrogen) atoms. The molecule has 3 fully saturated rings. The molecule has 2 saturated heterocycles. The zero-order chi connectivity index (χ0) is 16.5. The molecule has 5 unspecified atom stereocenters. The summed E-state index contributed by atoms with van der Waals surface area (Å²) in [5.74, 6) is 0.442. The Morgan fingerprint density at radius 3 is 1.48 bits per heavy atom. The van der Waals surface area contributed by atoms with Gasteiger partial charge in [-0.1, -0.05) is 48.5 Å². The van der Waals surface area contributed by atoms with Crippen LogP contribution in [-0.2, 0) is 9.47 Å². The van der Waals surface area contributed by atoms with Crippen molar-refractivity contribution in [1.82, 2.24) is 0 Å². The molecule has 2 heteroatoms. The maximum atomic E-state index is 6.55. The van der Waals surface area contributed by atoms with Gasteiger partial charge in [0.05, 0.1) is 5.60 Å². The summed E-state index contributed by atoms with van der Waals surface area (Å²) in [6, 6.07) is 0. The highest BCUT2D eigenvalue weighted by molar-refractivity contribution is 5.35. The first-order chi connectivity index (χ1) is 9.07. The normalized spacial score (nSPS) is 59.3. The first kappa shape index (κ1) is 15.8. The fraction of sp³-hybridized carbons (Fsp3) is 1.00. The molecular weight excluding hydrogens is 260 g/mol. The van der Waals surface area contributed by atoms with Crippen LogP contribution in [0.15, 0.2) is 0 Å². The molecule has 2 nitrogen and oxygen atoms in total. The molecule has 2 aliphatic heterocycles. The lowest BCUT2D eigenvalue weighted by atomic mass is 9.45. The van der Waals surface area contributed by atoms with E-state index in [9.17, 15) is 0 Å². The molecule has 0 amide bonds. The van der Waals surface area contributed by atoms with Crippen LogP contribution in [0.2, 0.25) is 0 Å². The van der Waals surface area contributed by atoms with Gasteiger partial charge in [-0.2, -0.15) is 0 Å². The molecule has 122 valence electrons. The Labute approximate surface area is 131 Å². The fourth-order valence-electron chi connectivity index (χ4n) is 5.80. The van der Waals surface area contributed by atoms with E-state index in [0.29, 0.717) is 5.92 Å². The van der Waals surface area contributed by atoms with Gasteiger partial charge in [-0.15, -0.1) is 0 Å². The molecule has 0 radical (unpaired) electrons. The van der Waals surface area contributed by atoms with Gasteiger partial charge in [-0.25, -0.2) is 0 Å². The van der Waals surface area contributed by atoms with E-state index in [4.69, 9.17) is 9.47 Å². The van der Waals surface area contributed by atoms with Crippen molar-refractivity contribution >= 4 is 0 Å². The van der Waals surface area contributed by atoms with E-state index >= 15 is 0 Å². The van der Waals surface area contributed by atoms with Crippen molar-refractivity contribution < 1.29 is 9.47 Å². The average molecular weight is 294 g/mol. The molecule has 3 aliphatic rings. The minimum Gasteiger partial charge on any atom is -0.362 e. The number of hydrogen-bond acceptors (Lipinski definition) is 2. The second-order valence-corrected chi connectivity index (χ2v) is 10.1. The summed E-state index contributed by atoms with van der Waals surface area (Å²) in [6.45, 7) is 25.8. The largest absolute Gasteiger partial charge is 0.362 e. The van der Waals surface area contributed by atoms with Crippen LogP contribution in [0.1, 0.15) is 76.2 Å². The third-order valence-corrected chi connectivity index (χ3v) is 9.68. The maximum absolute atomic E-state index is 6.55. The topological polar surface area (TPSA) is 25.1 Å². The number of fused-ring (bicyclic) bond motifs is 2. The van der Waals surface area contributed by atoms with E-state index in [1.165, 1.54) is 0 Å². The van der Waals surface area contributed by atoms with Crippen LogP contribution in [0.4, 0.5) is 0 Å². The third-order valence-electron chi connectivity index (χ3n) is 9.68. The zero-order valence-corrected chi connectivity index (χ0v) is 15.9. The lowest BCUT2D eigenvalue weighted by molar-refractivity contribution is -0.0396. The molecule has 0 bridgehead atoms. The quantitative estimate of drug-likeness (QED) is 0.599. The molecule has 0 aromatic rings. The summed E-state index contributed by atoms with van der Waals surface area (Å²) in [6.07, 6.45) is 0. The van der Waals surface area contributed by atoms with Gasteiger partial charge in [0.1, 0.15) is 16.8 Å². The van der Waals surface area contributed by atoms with Crippen molar-refractivity contribution in [3.05, 3.63) is 0 Å².